The van der Waals surface area contributed by atoms with Gasteiger partial charge in [0, 0.05) is 17.7 Å². The highest BCUT2D eigenvalue weighted by atomic mass is 19.3. The van der Waals surface area contributed by atoms with E-state index in [0.717, 1.165) is 50.3 Å². The van der Waals surface area contributed by atoms with Crippen LogP contribution in [0.3, 0.4) is 0 Å². The molecule has 1 aliphatic carbocycles. The lowest BCUT2D eigenvalue weighted by Gasteiger charge is -2.20. The van der Waals surface area contributed by atoms with Gasteiger partial charge in [0.2, 0.25) is 0 Å². The van der Waals surface area contributed by atoms with E-state index in [9.17, 15) is 26.3 Å². The van der Waals surface area contributed by atoms with Crippen molar-refractivity contribution in [1.82, 2.24) is 0 Å². The Balaban J connectivity index is 1.63. The van der Waals surface area contributed by atoms with Crippen molar-refractivity contribution in [2.75, 3.05) is 0 Å². The van der Waals surface area contributed by atoms with Gasteiger partial charge in [-0.25, -0.2) is 17.6 Å². The topological polar surface area (TPSA) is 9.23 Å². The standard InChI is InChI=1S/C26H22F6O/c1-3-4-15-7-16-5-6-17(9-18(16)8-15)19-10-23(29)25(24(30)11-19)26(31,32)33-20-12-21(27)14(2)22(28)13-20/h5-6,9-13,15H,3-4,7-8H2,1-2H3. The third kappa shape index (κ3) is 4.59. The monoisotopic (exact) mass is 464 g/mol. The average molecular weight is 464 g/mol. The van der Waals surface area contributed by atoms with Gasteiger partial charge >= 0.3 is 6.11 Å². The second kappa shape index (κ2) is 8.76. The summed E-state index contributed by atoms with van der Waals surface area (Å²) in [6.07, 6.45) is -0.510. The predicted octanol–water partition coefficient (Wildman–Crippen LogP) is 7.86. The summed E-state index contributed by atoms with van der Waals surface area (Å²) in [6, 6.07) is 8.15. The van der Waals surface area contributed by atoms with Crippen LogP contribution in [-0.4, -0.2) is 0 Å². The van der Waals surface area contributed by atoms with Crippen molar-refractivity contribution in [3.63, 3.8) is 0 Å². The first kappa shape index (κ1) is 23.2. The molecule has 0 saturated heterocycles. The van der Waals surface area contributed by atoms with Crippen molar-refractivity contribution in [1.29, 1.82) is 0 Å². The van der Waals surface area contributed by atoms with Gasteiger partial charge in [-0.05, 0) is 60.1 Å². The lowest BCUT2D eigenvalue weighted by atomic mass is 9.98. The molecule has 0 spiro atoms. The van der Waals surface area contributed by atoms with Gasteiger partial charge in [-0.2, -0.15) is 8.78 Å². The largest absolute Gasteiger partial charge is 0.432 e. The predicted molar refractivity (Wildman–Crippen MR) is 113 cm³/mol. The number of halogens is 6. The van der Waals surface area contributed by atoms with Crippen molar-refractivity contribution in [3.05, 3.63) is 88.0 Å². The van der Waals surface area contributed by atoms with E-state index in [1.54, 1.807) is 6.07 Å². The van der Waals surface area contributed by atoms with Crippen LogP contribution in [0.5, 0.6) is 5.75 Å². The highest BCUT2D eigenvalue weighted by Gasteiger charge is 2.41. The number of benzene rings is 3. The minimum atomic E-state index is -4.49. The van der Waals surface area contributed by atoms with Crippen LogP contribution < -0.4 is 4.74 Å². The quantitative estimate of drug-likeness (QED) is 0.338. The Morgan fingerprint density at radius 1 is 0.818 bits per heavy atom. The molecule has 0 saturated carbocycles. The fourth-order valence-electron chi connectivity index (χ4n) is 4.40. The Bertz CT molecular complexity index is 1160. The summed E-state index contributed by atoms with van der Waals surface area (Å²) in [5, 5.41) is 0. The summed E-state index contributed by atoms with van der Waals surface area (Å²) in [5.41, 5.74) is 0.889. The molecule has 0 N–H and O–H groups in total. The van der Waals surface area contributed by atoms with Crippen molar-refractivity contribution in [2.24, 2.45) is 5.92 Å². The highest BCUT2D eigenvalue weighted by molar-refractivity contribution is 5.66. The van der Waals surface area contributed by atoms with Gasteiger partial charge in [0.1, 0.15) is 34.6 Å². The molecule has 1 atom stereocenters. The van der Waals surface area contributed by atoms with Crippen molar-refractivity contribution >= 4 is 0 Å². The van der Waals surface area contributed by atoms with Crippen molar-refractivity contribution in [2.45, 2.75) is 45.6 Å². The molecule has 1 aliphatic rings. The van der Waals surface area contributed by atoms with E-state index in [4.69, 9.17) is 0 Å². The third-order valence-corrected chi connectivity index (χ3v) is 6.09. The Kier molecular flexibility index (Phi) is 6.16. The SMILES string of the molecule is CCCC1Cc2ccc(-c3cc(F)c(C(F)(F)Oc4cc(F)c(C)c(F)c4)c(F)c3)cc2C1. The Labute approximate surface area is 188 Å². The van der Waals surface area contributed by atoms with Gasteiger partial charge < -0.3 is 4.74 Å². The summed E-state index contributed by atoms with van der Waals surface area (Å²) in [4.78, 5) is 0. The Morgan fingerprint density at radius 2 is 1.42 bits per heavy atom. The molecular formula is C26H22F6O. The van der Waals surface area contributed by atoms with Crippen LogP contribution in [0.2, 0.25) is 0 Å². The molecule has 33 heavy (non-hydrogen) atoms. The molecule has 7 heteroatoms. The van der Waals surface area contributed by atoms with Crippen molar-refractivity contribution < 1.29 is 31.1 Å². The van der Waals surface area contributed by atoms with Crippen LogP contribution in [0.15, 0.2) is 42.5 Å². The average Bonchev–Trinajstić information content (AvgIpc) is 3.12. The summed E-state index contributed by atoms with van der Waals surface area (Å²) < 4.78 is 90.3. The van der Waals surface area contributed by atoms with Gasteiger partial charge in [-0.15, -0.1) is 0 Å². The Hall–Kier alpha value is -2.96. The minimum absolute atomic E-state index is 0.110. The van der Waals surface area contributed by atoms with Gasteiger partial charge in [0.25, 0.3) is 0 Å². The van der Waals surface area contributed by atoms with E-state index in [1.807, 2.05) is 12.1 Å². The van der Waals surface area contributed by atoms with E-state index in [1.165, 1.54) is 5.56 Å². The molecule has 0 amide bonds. The third-order valence-electron chi connectivity index (χ3n) is 6.09. The first-order valence-corrected chi connectivity index (χ1v) is 10.7. The zero-order valence-electron chi connectivity index (χ0n) is 18.1. The van der Waals surface area contributed by atoms with Crippen molar-refractivity contribution in [3.8, 4) is 16.9 Å². The van der Waals surface area contributed by atoms with Gasteiger partial charge in [-0.1, -0.05) is 38.0 Å². The summed E-state index contributed by atoms with van der Waals surface area (Å²) in [5.74, 6) is -5.63. The molecule has 4 rings (SSSR count). The van der Waals surface area contributed by atoms with Crippen LogP contribution in [0, 0.1) is 36.1 Å². The van der Waals surface area contributed by atoms with Gasteiger partial charge in [0.05, 0.1) is 0 Å². The van der Waals surface area contributed by atoms with Crippen LogP contribution in [-0.2, 0) is 19.0 Å². The molecule has 0 heterocycles. The molecule has 0 radical (unpaired) electrons. The minimum Gasteiger partial charge on any atom is -0.429 e. The Morgan fingerprint density at radius 3 is 2.03 bits per heavy atom. The number of hydrogen-bond donors (Lipinski definition) is 0. The van der Waals surface area contributed by atoms with Gasteiger partial charge in [-0.3, -0.25) is 0 Å². The summed E-state index contributed by atoms with van der Waals surface area (Å²) in [7, 11) is 0. The van der Waals surface area contributed by atoms with Crippen LogP contribution >= 0.6 is 0 Å². The van der Waals surface area contributed by atoms with Gasteiger partial charge in [0.15, 0.2) is 0 Å². The molecule has 0 fully saturated rings. The summed E-state index contributed by atoms with van der Waals surface area (Å²) >= 11 is 0. The lowest BCUT2D eigenvalue weighted by molar-refractivity contribution is -0.189. The van der Waals surface area contributed by atoms with Crippen LogP contribution in [0.4, 0.5) is 26.3 Å². The molecule has 3 aromatic rings. The van der Waals surface area contributed by atoms with E-state index in [0.29, 0.717) is 23.6 Å². The normalized spacial score (nSPS) is 15.6. The zero-order valence-corrected chi connectivity index (χ0v) is 18.1. The van der Waals surface area contributed by atoms with E-state index in [2.05, 4.69) is 11.7 Å². The molecule has 0 bridgehead atoms. The number of hydrogen-bond acceptors (Lipinski definition) is 1. The van der Waals surface area contributed by atoms with E-state index in [-0.39, 0.29) is 11.1 Å². The molecule has 174 valence electrons. The lowest BCUT2D eigenvalue weighted by Crippen LogP contribution is -2.25. The molecule has 1 nitrogen and oxygen atoms in total. The molecule has 3 aromatic carbocycles. The smallest absolute Gasteiger partial charge is 0.429 e. The molecular weight excluding hydrogens is 442 g/mol. The number of fused-ring (bicyclic) bond motifs is 1. The number of rotatable bonds is 6. The molecule has 1 unspecified atom stereocenters. The summed E-state index contributed by atoms with van der Waals surface area (Å²) in [6.45, 7) is 3.24. The van der Waals surface area contributed by atoms with E-state index < -0.39 is 40.7 Å². The fourth-order valence-corrected chi connectivity index (χ4v) is 4.40. The maximum atomic E-state index is 14.7. The fraction of sp³-hybridized carbons (Fsp3) is 0.308. The number of ether oxygens (including phenoxy) is 1. The molecule has 0 aromatic heterocycles. The maximum absolute atomic E-state index is 14.7. The first-order chi connectivity index (χ1) is 15.6. The second-order valence-electron chi connectivity index (χ2n) is 8.49. The van der Waals surface area contributed by atoms with Crippen LogP contribution in [0.25, 0.3) is 11.1 Å². The van der Waals surface area contributed by atoms with E-state index >= 15 is 0 Å². The second-order valence-corrected chi connectivity index (χ2v) is 8.49. The zero-order chi connectivity index (χ0) is 23.9. The maximum Gasteiger partial charge on any atom is 0.432 e. The molecule has 0 aliphatic heterocycles. The number of alkyl halides is 2. The van der Waals surface area contributed by atoms with Crippen LogP contribution in [0.1, 0.15) is 42.0 Å². The highest BCUT2D eigenvalue weighted by Crippen LogP contribution is 2.39. The first-order valence-electron chi connectivity index (χ1n) is 10.7.